The van der Waals surface area contributed by atoms with Crippen LogP contribution in [0.4, 0.5) is 5.82 Å². The van der Waals surface area contributed by atoms with E-state index in [9.17, 15) is 13.2 Å². The second-order valence-corrected chi connectivity index (χ2v) is 6.67. The highest BCUT2D eigenvalue weighted by molar-refractivity contribution is 7.91. The van der Waals surface area contributed by atoms with E-state index in [1.165, 1.54) is 33.1 Å². The van der Waals surface area contributed by atoms with Crippen LogP contribution in [0.5, 0.6) is 0 Å². The van der Waals surface area contributed by atoms with Crippen molar-refractivity contribution < 1.29 is 17.9 Å². The van der Waals surface area contributed by atoms with Crippen LogP contribution in [0.3, 0.4) is 0 Å². The standard InChI is InChI=1S/C13H16N2O4S/c1-5-6-14-11-7-10(13(16)19-4)8-12(15-11)20(17,18)9(2)3/h1,7-9H,6H2,2-4H3,(H,14,15). The van der Waals surface area contributed by atoms with E-state index in [0.29, 0.717) is 0 Å². The Kier molecular flexibility index (Phi) is 5.11. The smallest absolute Gasteiger partial charge is 0.338 e. The Bertz CT molecular complexity index is 645. The molecular formula is C13H16N2O4S. The van der Waals surface area contributed by atoms with Crippen LogP contribution in [-0.2, 0) is 14.6 Å². The van der Waals surface area contributed by atoms with E-state index in [2.05, 4.69) is 21.0 Å². The number of carbonyl (C=O) groups is 1. The number of carbonyl (C=O) groups excluding carboxylic acids is 1. The van der Waals surface area contributed by atoms with Gasteiger partial charge < -0.3 is 10.1 Å². The molecule has 20 heavy (non-hydrogen) atoms. The zero-order valence-corrected chi connectivity index (χ0v) is 12.3. The van der Waals surface area contributed by atoms with E-state index in [-0.39, 0.29) is 23.0 Å². The predicted octanol–water partition coefficient (Wildman–Crippen LogP) is 1.10. The number of hydrogen-bond donors (Lipinski definition) is 1. The molecule has 0 atom stereocenters. The van der Waals surface area contributed by atoms with Crippen molar-refractivity contribution in [3.63, 3.8) is 0 Å². The van der Waals surface area contributed by atoms with Gasteiger partial charge in [-0.1, -0.05) is 5.92 Å². The molecule has 1 rings (SSSR count). The summed E-state index contributed by atoms with van der Waals surface area (Å²) in [6.07, 6.45) is 5.12. The monoisotopic (exact) mass is 296 g/mol. The van der Waals surface area contributed by atoms with Crippen LogP contribution < -0.4 is 5.32 Å². The Labute approximate surface area is 118 Å². The van der Waals surface area contributed by atoms with Gasteiger partial charge in [-0.3, -0.25) is 0 Å². The molecule has 1 aromatic heterocycles. The number of esters is 1. The van der Waals surface area contributed by atoms with Crippen LogP contribution in [0, 0.1) is 12.3 Å². The number of pyridine rings is 1. The number of aromatic nitrogens is 1. The van der Waals surface area contributed by atoms with Crippen molar-refractivity contribution in [1.82, 2.24) is 4.98 Å². The number of hydrogen-bond acceptors (Lipinski definition) is 6. The fraction of sp³-hybridized carbons (Fsp3) is 0.385. The van der Waals surface area contributed by atoms with Crippen molar-refractivity contribution in [2.24, 2.45) is 0 Å². The highest BCUT2D eigenvalue weighted by Gasteiger charge is 2.23. The number of nitrogens with zero attached hydrogens (tertiary/aromatic N) is 1. The molecule has 0 aliphatic heterocycles. The maximum Gasteiger partial charge on any atom is 0.338 e. The number of rotatable bonds is 5. The summed E-state index contributed by atoms with van der Waals surface area (Å²) in [6, 6.07) is 2.59. The molecule has 0 bridgehead atoms. The third kappa shape index (κ3) is 3.48. The minimum atomic E-state index is -3.60. The van der Waals surface area contributed by atoms with Crippen molar-refractivity contribution in [3.05, 3.63) is 17.7 Å². The lowest BCUT2D eigenvalue weighted by molar-refractivity contribution is 0.0600. The lowest BCUT2D eigenvalue weighted by atomic mass is 10.2. The van der Waals surface area contributed by atoms with Gasteiger partial charge in [-0.15, -0.1) is 6.42 Å². The summed E-state index contributed by atoms with van der Waals surface area (Å²) < 4.78 is 28.9. The number of sulfone groups is 1. The number of ether oxygens (including phenoxy) is 1. The molecule has 1 N–H and O–H groups in total. The van der Waals surface area contributed by atoms with E-state index in [0.717, 1.165) is 0 Å². The van der Waals surface area contributed by atoms with Gasteiger partial charge in [-0.05, 0) is 26.0 Å². The van der Waals surface area contributed by atoms with Gasteiger partial charge in [0.15, 0.2) is 14.9 Å². The first-order chi connectivity index (χ1) is 9.32. The third-order valence-electron chi connectivity index (χ3n) is 2.51. The Hall–Kier alpha value is -2.07. The molecule has 0 amide bonds. The Morgan fingerprint density at radius 1 is 1.50 bits per heavy atom. The fourth-order valence-corrected chi connectivity index (χ4v) is 2.36. The molecule has 6 nitrogen and oxygen atoms in total. The normalized spacial score (nSPS) is 10.9. The van der Waals surface area contributed by atoms with Gasteiger partial charge in [-0.2, -0.15) is 0 Å². The first-order valence-electron chi connectivity index (χ1n) is 5.84. The zero-order valence-electron chi connectivity index (χ0n) is 11.5. The van der Waals surface area contributed by atoms with Gasteiger partial charge in [0.1, 0.15) is 5.82 Å². The second-order valence-electron chi connectivity index (χ2n) is 4.22. The summed E-state index contributed by atoms with van der Waals surface area (Å²) in [5.74, 6) is 1.91. The van der Waals surface area contributed by atoms with Crippen LogP contribution in [0.15, 0.2) is 17.2 Å². The molecule has 0 saturated heterocycles. The lowest BCUT2D eigenvalue weighted by Gasteiger charge is -2.11. The summed E-state index contributed by atoms with van der Waals surface area (Å²) in [5, 5.41) is 1.91. The largest absolute Gasteiger partial charge is 0.465 e. The number of nitrogens with one attached hydrogen (secondary N) is 1. The number of terminal acetylenes is 1. The van der Waals surface area contributed by atoms with Gasteiger partial charge >= 0.3 is 5.97 Å². The molecule has 7 heteroatoms. The summed E-state index contributed by atoms with van der Waals surface area (Å²) in [7, 11) is -2.38. The molecule has 0 saturated carbocycles. The molecule has 0 radical (unpaired) electrons. The molecule has 0 aliphatic rings. The van der Waals surface area contributed by atoms with Gasteiger partial charge in [0.2, 0.25) is 0 Å². The Morgan fingerprint density at radius 2 is 2.15 bits per heavy atom. The third-order valence-corrected chi connectivity index (χ3v) is 4.54. The minimum Gasteiger partial charge on any atom is -0.465 e. The predicted molar refractivity (Wildman–Crippen MR) is 75.2 cm³/mol. The van der Waals surface area contributed by atoms with Crippen molar-refractivity contribution >= 4 is 21.6 Å². The van der Waals surface area contributed by atoms with Crippen molar-refractivity contribution in [2.45, 2.75) is 24.1 Å². The molecule has 0 aliphatic carbocycles. The molecule has 108 valence electrons. The molecule has 0 fully saturated rings. The molecular weight excluding hydrogens is 280 g/mol. The van der Waals surface area contributed by atoms with Gasteiger partial charge in [0.05, 0.1) is 24.5 Å². The first-order valence-corrected chi connectivity index (χ1v) is 7.39. The highest BCUT2D eigenvalue weighted by Crippen LogP contribution is 2.19. The SMILES string of the molecule is C#CCNc1cc(C(=O)OC)cc(S(=O)(=O)C(C)C)n1. The Morgan fingerprint density at radius 3 is 2.65 bits per heavy atom. The average molecular weight is 296 g/mol. The van der Waals surface area contributed by atoms with Crippen LogP contribution >= 0.6 is 0 Å². The van der Waals surface area contributed by atoms with Crippen LogP contribution in [0.2, 0.25) is 0 Å². The summed E-state index contributed by atoms with van der Waals surface area (Å²) in [6.45, 7) is 3.24. The topological polar surface area (TPSA) is 85.4 Å². The van der Waals surface area contributed by atoms with E-state index < -0.39 is 21.1 Å². The van der Waals surface area contributed by atoms with E-state index in [4.69, 9.17) is 6.42 Å². The average Bonchev–Trinajstić information content (AvgIpc) is 2.43. The molecule has 0 unspecified atom stereocenters. The fourth-order valence-electron chi connectivity index (χ4n) is 1.36. The van der Waals surface area contributed by atoms with Gasteiger partial charge in [0, 0.05) is 0 Å². The van der Waals surface area contributed by atoms with E-state index >= 15 is 0 Å². The number of anilines is 1. The van der Waals surface area contributed by atoms with Gasteiger partial charge in [-0.25, -0.2) is 18.2 Å². The minimum absolute atomic E-state index is 0.0984. The molecule has 0 aromatic carbocycles. The van der Waals surface area contributed by atoms with E-state index in [1.807, 2.05) is 0 Å². The zero-order chi connectivity index (χ0) is 15.3. The Balaban J connectivity index is 3.38. The quantitative estimate of drug-likeness (QED) is 0.647. The van der Waals surface area contributed by atoms with E-state index in [1.54, 1.807) is 0 Å². The maximum atomic E-state index is 12.1. The molecule has 1 heterocycles. The van der Waals surface area contributed by atoms with Gasteiger partial charge in [0.25, 0.3) is 0 Å². The second kappa shape index (κ2) is 6.39. The van der Waals surface area contributed by atoms with Crippen molar-refractivity contribution in [1.29, 1.82) is 0 Å². The van der Waals surface area contributed by atoms with Crippen molar-refractivity contribution in [3.8, 4) is 12.3 Å². The summed E-state index contributed by atoms with van der Waals surface area (Å²) >= 11 is 0. The lowest BCUT2D eigenvalue weighted by Crippen LogP contribution is -2.17. The highest BCUT2D eigenvalue weighted by atomic mass is 32.2. The van der Waals surface area contributed by atoms with Crippen LogP contribution in [-0.4, -0.2) is 38.3 Å². The summed E-state index contributed by atoms with van der Waals surface area (Å²) in [4.78, 5) is 15.6. The maximum absolute atomic E-state index is 12.1. The molecule has 1 aromatic rings. The molecule has 0 spiro atoms. The van der Waals surface area contributed by atoms with Crippen molar-refractivity contribution in [2.75, 3.05) is 19.0 Å². The summed E-state index contributed by atoms with van der Waals surface area (Å²) in [5.41, 5.74) is 0.0984. The first kappa shape index (κ1) is 16.0. The van der Waals surface area contributed by atoms with Crippen LogP contribution in [0.1, 0.15) is 24.2 Å². The number of methoxy groups -OCH3 is 1. The van der Waals surface area contributed by atoms with Crippen LogP contribution in [0.25, 0.3) is 0 Å².